The molecule has 2 saturated heterocycles. The second kappa shape index (κ2) is 9.05. The fourth-order valence-corrected chi connectivity index (χ4v) is 4.89. The quantitative estimate of drug-likeness (QED) is 0.616. The van der Waals surface area contributed by atoms with Crippen LogP contribution in [0, 0.1) is 5.41 Å². The molecule has 1 unspecified atom stereocenters. The van der Waals surface area contributed by atoms with Crippen LogP contribution in [0.5, 0.6) is 0 Å². The van der Waals surface area contributed by atoms with Crippen LogP contribution in [-0.2, 0) is 0 Å². The molecule has 1 atom stereocenters. The van der Waals surface area contributed by atoms with Crippen LogP contribution in [0.3, 0.4) is 0 Å². The van der Waals surface area contributed by atoms with Gasteiger partial charge in [-0.1, -0.05) is 17.7 Å². The van der Waals surface area contributed by atoms with Crippen LogP contribution in [0.25, 0.3) is 5.82 Å². The smallest absolute Gasteiger partial charge is 0.156 e. The number of piperidine rings is 2. The van der Waals surface area contributed by atoms with E-state index < -0.39 is 6.10 Å². The first-order chi connectivity index (χ1) is 15.6. The topological polar surface area (TPSA) is 109 Å². The Morgan fingerprint density at radius 3 is 2.44 bits per heavy atom. The number of rotatable bonds is 5. The Hall–Kier alpha value is -2.69. The molecule has 0 radical (unpaired) electrons. The zero-order valence-corrected chi connectivity index (χ0v) is 18.5. The van der Waals surface area contributed by atoms with Crippen LogP contribution in [0.4, 0.5) is 5.82 Å². The van der Waals surface area contributed by atoms with E-state index in [1.54, 1.807) is 12.4 Å². The highest BCUT2D eigenvalue weighted by Gasteiger charge is 2.38. The number of aromatic nitrogens is 7. The van der Waals surface area contributed by atoms with E-state index in [-0.39, 0.29) is 0 Å². The molecule has 1 N–H and O–H groups in total. The normalized spacial score (nSPS) is 19.9. The van der Waals surface area contributed by atoms with Gasteiger partial charge in [0.25, 0.3) is 0 Å². The molecule has 32 heavy (non-hydrogen) atoms. The van der Waals surface area contributed by atoms with Gasteiger partial charge in [-0.05, 0) is 60.7 Å². The number of aliphatic hydroxyl groups excluding tert-OH is 1. The molecule has 0 saturated carbocycles. The zero-order valence-electron chi connectivity index (χ0n) is 17.8. The van der Waals surface area contributed by atoms with Crippen molar-refractivity contribution in [2.45, 2.75) is 31.8 Å². The lowest BCUT2D eigenvalue weighted by Gasteiger charge is -2.47. The number of hydrogen-bond donors (Lipinski definition) is 1. The minimum absolute atomic E-state index is 0.388. The van der Waals surface area contributed by atoms with Crippen molar-refractivity contribution in [3.05, 3.63) is 47.5 Å². The van der Waals surface area contributed by atoms with Crippen molar-refractivity contribution in [3.8, 4) is 5.82 Å². The van der Waals surface area contributed by atoms with Crippen LogP contribution in [0.15, 0.2) is 36.9 Å². The minimum atomic E-state index is -0.567. The van der Waals surface area contributed by atoms with Crippen molar-refractivity contribution in [2.75, 3.05) is 37.6 Å². The molecule has 0 aromatic carbocycles. The van der Waals surface area contributed by atoms with Crippen LogP contribution >= 0.6 is 11.6 Å². The Morgan fingerprint density at radius 1 is 1.00 bits per heavy atom. The van der Waals surface area contributed by atoms with Gasteiger partial charge in [-0.15, -0.1) is 10.2 Å². The largest absolute Gasteiger partial charge is 0.387 e. The SMILES string of the molecule is OC(CN1CCC2(CC1)CCN(c1cc(Cl)cnn1)CC2)c1ccc(-n2cnnn2)nc1. The van der Waals surface area contributed by atoms with Gasteiger partial charge in [0, 0.05) is 37.5 Å². The summed E-state index contributed by atoms with van der Waals surface area (Å²) in [7, 11) is 0. The van der Waals surface area contributed by atoms with Crippen molar-refractivity contribution in [1.82, 2.24) is 40.3 Å². The fraction of sp³-hybridized carbons (Fsp3) is 0.524. The molecule has 2 fully saturated rings. The summed E-state index contributed by atoms with van der Waals surface area (Å²) in [6.07, 6.45) is 8.81. The highest BCUT2D eigenvalue weighted by molar-refractivity contribution is 6.30. The molecule has 1 spiro atoms. The maximum atomic E-state index is 10.7. The average Bonchev–Trinajstić information content (AvgIpc) is 3.36. The predicted molar refractivity (Wildman–Crippen MR) is 119 cm³/mol. The lowest BCUT2D eigenvalue weighted by atomic mass is 9.71. The van der Waals surface area contributed by atoms with Gasteiger partial charge in [0.2, 0.25) is 0 Å². The third-order valence-corrected chi connectivity index (χ3v) is 7.05. The number of anilines is 1. The molecule has 168 valence electrons. The summed E-state index contributed by atoms with van der Waals surface area (Å²) in [5, 5.41) is 30.6. The number of aliphatic hydroxyl groups is 1. The third kappa shape index (κ3) is 4.57. The fourth-order valence-electron chi connectivity index (χ4n) is 4.75. The van der Waals surface area contributed by atoms with Gasteiger partial charge in [-0.3, -0.25) is 0 Å². The lowest BCUT2D eigenvalue weighted by Crippen LogP contribution is -2.47. The number of likely N-dealkylation sites (tertiary alicyclic amines) is 1. The Morgan fingerprint density at radius 2 is 1.78 bits per heavy atom. The van der Waals surface area contributed by atoms with E-state index in [1.165, 1.54) is 11.0 Å². The predicted octanol–water partition coefficient (Wildman–Crippen LogP) is 1.92. The number of halogens is 1. The van der Waals surface area contributed by atoms with E-state index in [1.807, 2.05) is 18.2 Å². The van der Waals surface area contributed by atoms with Crippen LogP contribution < -0.4 is 4.90 Å². The van der Waals surface area contributed by atoms with E-state index in [9.17, 15) is 5.11 Å². The van der Waals surface area contributed by atoms with Crippen molar-refractivity contribution in [1.29, 1.82) is 0 Å². The van der Waals surface area contributed by atoms with Gasteiger partial charge >= 0.3 is 0 Å². The number of nitrogens with zero attached hydrogens (tertiary/aromatic N) is 9. The summed E-state index contributed by atoms with van der Waals surface area (Å²) in [6.45, 7) is 4.59. The summed E-state index contributed by atoms with van der Waals surface area (Å²) in [5.41, 5.74) is 1.19. The summed E-state index contributed by atoms with van der Waals surface area (Å²) >= 11 is 6.07. The highest BCUT2D eigenvalue weighted by atomic mass is 35.5. The van der Waals surface area contributed by atoms with Gasteiger partial charge in [0.15, 0.2) is 11.6 Å². The molecule has 5 heterocycles. The first kappa shape index (κ1) is 21.2. The Labute approximate surface area is 191 Å². The monoisotopic (exact) mass is 455 g/mol. The Bertz CT molecular complexity index is 1010. The van der Waals surface area contributed by atoms with Crippen molar-refractivity contribution in [3.63, 3.8) is 0 Å². The molecule has 0 aliphatic carbocycles. The van der Waals surface area contributed by atoms with Crippen LogP contribution in [0.2, 0.25) is 5.02 Å². The zero-order chi connectivity index (χ0) is 22.0. The maximum Gasteiger partial charge on any atom is 0.156 e. The maximum absolute atomic E-state index is 10.7. The summed E-state index contributed by atoms with van der Waals surface area (Å²) in [5.74, 6) is 1.49. The van der Waals surface area contributed by atoms with Crippen LogP contribution in [-0.4, -0.2) is 78.1 Å². The molecule has 3 aromatic rings. The van der Waals surface area contributed by atoms with Gasteiger partial charge in [0.1, 0.15) is 6.33 Å². The van der Waals surface area contributed by atoms with Gasteiger partial charge in [0.05, 0.1) is 17.3 Å². The second-order valence-electron chi connectivity index (χ2n) is 8.74. The lowest BCUT2D eigenvalue weighted by molar-refractivity contribution is 0.0448. The van der Waals surface area contributed by atoms with E-state index >= 15 is 0 Å². The third-order valence-electron chi connectivity index (χ3n) is 6.84. The summed E-state index contributed by atoms with van der Waals surface area (Å²) in [4.78, 5) is 9.01. The molecule has 0 bridgehead atoms. The molecular weight excluding hydrogens is 430 g/mol. The standard InChI is InChI=1S/C21H26ClN9O/c22-17-11-20(26-24-13-17)30-9-5-21(6-10-30)3-7-29(8-4-21)14-18(32)16-1-2-19(23-12-16)31-15-25-27-28-31/h1-2,11-13,15,18,32H,3-10,14H2. The Kier molecular flexibility index (Phi) is 5.99. The summed E-state index contributed by atoms with van der Waals surface area (Å²) < 4.78 is 1.49. The molecule has 2 aliphatic rings. The second-order valence-corrected chi connectivity index (χ2v) is 9.18. The van der Waals surface area contributed by atoms with E-state index in [2.05, 4.69) is 40.5 Å². The van der Waals surface area contributed by atoms with E-state index in [4.69, 9.17) is 11.6 Å². The van der Waals surface area contributed by atoms with Gasteiger partial charge in [-0.2, -0.15) is 9.78 Å². The van der Waals surface area contributed by atoms with Gasteiger partial charge < -0.3 is 14.9 Å². The Balaban J connectivity index is 1.12. The first-order valence-corrected chi connectivity index (χ1v) is 11.3. The molecule has 3 aromatic heterocycles. The van der Waals surface area contributed by atoms with E-state index in [0.29, 0.717) is 22.8 Å². The molecule has 0 amide bonds. The average molecular weight is 456 g/mol. The van der Waals surface area contributed by atoms with Gasteiger partial charge in [-0.25, -0.2) is 4.98 Å². The minimum Gasteiger partial charge on any atom is -0.387 e. The number of pyridine rings is 1. The molecule has 2 aliphatic heterocycles. The molecule has 11 heteroatoms. The van der Waals surface area contributed by atoms with Crippen molar-refractivity contribution < 1.29 is 5.11 Å². The van der Waals surface area contributed by atoms with Crippen molar-refractivity contribution >= 4 is 17.4 Å². The number of tetrazole rings is 1. The molecular formula is C21H26ClN9O. The molecule has 5 rings (SSSR count). The molecule has 10 nitrogen and oxygen atoms in total. The van der Waals surface area contributed by atoms with E-state index in [0.717, 1.165) is 63.2 Å². The number of β-amino-alcohol motifs (C(OH)–C–C–N with tert-alkyl or cyclic N) is 1. The van der Waals surface area contributed by atoms with Crippen molar-refractivity contribution in [2.24, 2.45) is 5.41 Å². The highest BCUT2D eigenvalue weighted by Crippen LogP contribution is 2.42. The van der Waals surface area contributed by atoms with Crippen LogP contribution in [0.1, 0.15) is 37.4 Å². The number of hydrogen-bond acceptors (Lipinski definition) is 9. The summed E-state index contributed by atoms with van der Waals surface area (Å²) in [6, 6.07) is 5.59. The first-order valence-electron chi connectivity index (χ1n) is 10.9.